The van der Waals surface area contributed by atoms with Crippen LogP contribution in [0.5, 0.6) is 0 Å². The molecule has 1 aliphatic heterocycles. The molecule has 0 aromatic heterocycles. The lowest BCUT2D eigenvalue weighted by atomic mass is 9.94. The number of hydrogen-bond donors (Lipinski definition) is 2. The van der Waals surface area contributed by atoms with E-state index in [1.165, 1.54) is 0 Å². The van der Waals surface area contributed by atoms with Gasteiger partial charge in [0.05, 0.1) is 5.84 Å². The molecule has 0 radical (unpaired) electrons. The van der Waals surface area contributed by atoms with E-state index in [1.807, 2.05) is 14.0 Å². The molecule has 1 saturated heterocycles. The van der Waals surface area contributed by atoms with Gasteiger partial charge in [-0.2, -0.15) is 0 Å². The fraction of sp³-hybridized carbons (Fsp3) is 0.700. The van der Waals surface area contributed by atoms with Crippen LogP contribution in [0.3, 0.4) is 0 Å². The van der Waals surface area contributed by atoms with Crippen molar-refractivity contribution in [2.24, 2.45) is 5.92 Å². The van der Waals surface area contributed by atoms with Crippen molar-refractivity contribution in [3.05, 3.63) is 12.3 Å². The second-order valence-electron chi connectivity index (χ2n) is 3.62. The van der Waals surface area contributed by atoms with E-state index < -0.39 is 0 Å². The van der Waals surface area contributed by atoms with E-state index in [4.69, 9.17) is 5.41 Å². The van der Waals surface area contributed by atoms with Gasteiger partial charge in [0.2, 0.25) is 0 Å². The summed E-state index contributed by atoms with van der Waals surface area (Å²) in [6.45, 7) is 7.84. The number of rotatable bonds is 2. The highest BCUT2D eigenvalue weighted by Crippen LogP contribution is 2.21. The number of nitrogens with zero attached hydrogens (tertiary/aromatic N) is 1. The molecule has 0 unspecified atom stereocenters. The first-order chi connectivity index (χ1) is 6.15. The summed E-state index contributed by atoms with van der Waals surface area (Å²) in [6, 6.07) is 0. The zero-order valence-corrected chi connectivity index (χ0v) is 8.56. The molecule has 0 bridgehead atoms. The van der Waals surface area contributed by atoms with Crippen molar-refractivity contribution in [2.75, 3.05) is 20.1 Å². The number of allylic oxidation sites excluding steroid dienone is 1. The van der Waals surface area contributed by atoms with Crippen LogP contribution in [0.25, 0.3) is 0 Å². The Balaban J connectivity index is 2.39. The topological polar surface area (TPSA) is 39.1 Å². The number of piperidine rings is 1. The molecule has 13 heavy (non-hydrogen) atoms. The second kappa shape index (κ2) is 4.30. The maximum atomic E-state index is 7.49. The summed E-state index contributed by atoms with van der Waals surface area (Å²) >= 11 is 0. The van der Waals surface area contributed by atoms with Crippen molar-refractivity contribution in [1.82, 2.24) is 10.2 Å². The normalized spacial score (nSPS) is 18.5. The van der Waals surface area contributed by atoms with Crippen LogP contribution in [0.4, 0.5) is 0 Å². The molecule has 1 heterocycles. The minimum Gasteiger partial charge on any atom is -0.392 e. The van der Waals surface area contributed by atoms with Crippen molar-refractivity contribution >= 4 is 5.84 Å². The van der Waals surface area contributed by atoms with Gasteiger partial charge in [-0.25, -0.2) is 0 Å². The van der Waals surface area contributed by atoms with Gasteiger partial charge in [0.25, 0.3) is 0 Å². The van der Waals surface area contributed by atoms with E-state index in [0.29, 0.717) is 11.8 Å². The van der Waals surface area contributed by atoms with E-state index in [-0.39, 0.29) is 0 Å². The molecule has 0 atom stereocenters. The zero-order chi connectivity index (χ0) is 9.84. The highest BCUT2D eigenvalue weighted by Gasteiger charge is 2.20. The van der Waals surface area contributed by atoms with Gasteiger partial charge < -0.3 is 10.2 Å². The van der Waals surface area contributed by atoms with E-state index >= 15 is 0 Å². The van der Waals surface area contributed by atoms with Crippen LogP contribution >= 0.6 is 0 Å². The maximum Gasteiger partial charge on any atom is 0.0925 e. The van der Waals surface area contributed by atoms with E-state index in [0.717, 1.165) is 31.6 Å². The van der Waals surface area contributed by atoms with Crippen LogP contribution in [0.2, 0.25) is 0 Å². The summed E-state index contributed by atoms with van der Waals surface area (Å²) in [4.78, 5) is 2.12. The average molecular weight is 181 g/mol. The Morgan fingerprint density at radius 2 is 2.00 bits per heavy atom. The van der Waals surface area contributed by atoms with Crippen LogP contribution in [-0.2, 0) is 0 Å². The molecule has 3 nitrogen and oxygen atoms in total. The molecule has 0 spiro atoms. The van der Waals surface area contributed by atoms with Crippen LogP contribution < -0.4 is 5.32 Å². The Hall–Kier alpha value is -0.990. The minimum absolute atomic E-state index is 0.598. The lowest BCUT2D eigenvalue weighted by Crippen LogP contribution is -2.38. The quantitative estimate of drug-likeness (QED) is 0.499. The average Bonchev–Trinajstić information content (AvgIpc) is 2.17. The summed E-state index contributed by atoms with van der Waals surface area (Å²) < 4.78 is 0. The molecule has 0 amide bonds. The molecule has 0 aliphatic carbocycles. The first kappa shape index (κ1) is 10.1. The largest absolute Gasteiger partial charge is 0.392 e. The van der Waals surface area contributed by atoms with Crippen molar-refractivity contribution in [3.8, 4) is 0 Å². The summed E-state index contributed by atoms with van der Waals surface area (Å²) in [5, 5.41) is 10.6. The van der Waals surface area contributed by atoms with Gasteiger partial charge in [-0.3, -0.25) is 5.41 Å². The molecule has 2 N–H and O–H groups in total. The monoisotopic (exact) mass is 181 g/mol. The predicted molar refractivity (Wildman–Crippen MR) is 55.9 cm³/mol. The zero-order valence-electron chi connectivity index (χ0n) is 8.56. The van der Waals surface area contributed by atoms with E-state index in [9.17, 15) is 0 Å². The second-order valence-corrected chi connectivity index (χ2v) is 3.62. The van der Waals surface area contributed by atoms with Gasteiger partial charge in [0.15, 0.2) is 0 Å². The molecule has 0 aromatic carbocycles. The molecule has 1 rings (SSSR count). The van der Waals surface area contributed by atoms with Gasteiger partial charge in [-0.1, -0.05) is 6.58 Å². The molecule has 0 saturated carbocycles. The van der Waals surface area contributed by atoms with Crippen molar-refractivity contribution in [2.45, 2.75) is 19.8 Å². The van der Waals surface area contributed by atoms with E-state index in [1.54, 1.807) is 0 Å². The number of likely N-dealkylation sites (tertiary alicyclic amines) is 1. The van der Waals surface area contributed by atoms with Gasteiger partial charge in [0, 0.05) is 31.8 Å². The number of nitrogens with one attached hydrogen (secondary N) is 2. The molecule has 74 valence electrons. The van der Waals surface area contributed by atoms with Crippen molar-refractivity contribution < 1.29 is 0 Å². The van der Waals surface area contributed by atoms with Crippen LogP contribution in [0.15, 0.2) is 12.3 Å². The number of hydrogen-bond acceptors (Lipinski definition) is 2. The third kappa shape index (κ3) is 2.47. The Kier molecular flexibility index (Phi) is 3.34. The molecule has 0 aromatic rings. The van der Waals surface area contributed by atoms with Crippen molar-refractivity contribution in [1.29, 1.82) is 5.41 Å². The third-order valence-electron chi connectivity index (χ3n) is 2.78. The molecule has 1 fully saturated rings. The first-order valence-electron chi connectivity index (χ1n) is 4.81. The lowest BCUT2D eigenvalue weighted by molar-refractivity contribution is 0.283. The van der Waals surface area contributed by atoms with Crippen LogP contribution in [-0.4, -0.2) is 30.9 Å². The SMILES string of the molecule is C=C(NC)C1CCN(C(C)=N)CC1. The molecular formula is C10H19N3. The van der Waals surface area contributed by atoms with E-state index in [2.05, 4.69) is 16.8 Å². The Morgan fingerprint density at radius 3 is 2.38 bits per heavy atom. The Labute approximate surface area is 80.3 Å². The van der Waals surface area contributed by atoms with Crippen molar-refractivity contribution in [3.63, 3.8) is 0 Å². The predicted octanol–water partition coefficient (Wildman–Crippen LogP) is 1.43. The summed E-state index contributed by atoms with van der Waals surface area (Å²) in [6.07, 6.45) is 2.24. The summed E-state index contributed by atoms with van der Waals surface area (Å²) in [5.41, 5.74) is 1.14. The maximum absolute atomic E-state index is 7.49. The highest BCUT2D eigenvalue weighted by atomic mass is 15.2. The van der Waals surface area contributed by atoms with Crippen LogP contribution in [0, 0.1) is 11.3 Å². The Morgan fingerprint density at radius 1 is 1.46 bits per heavy atom. The van der Waals surface area contributed by atoms with Gasteiger partial charge in [-0.05, 0) is 19.8 Å². The lowest BCUT2D eigenvalue weighted by Gasteiger charge is -2.33. The fourth-order valence-electron chi connectivity index (χ4n) is 1.77. The smallest absolute Gasteiger partial charge is 0.0925 e. The summed E-state index contributed by atoms with van der Waals surface area (Å²) in [5.74, 6) is 1.29. The van der Waals surface area contributed by atoms with Gasteiger partial charge in [0.1, 0.15) is 0 Å². The molecule has 1 aliphatic rings. The van der Waals surface area contributed by atoms with Gasteiger partial charge in [-0.15, -0.1) is 0 Å². The standard InChI is InChI=1S/C10H19N3/c1-8(12-3)10-4-6-13(7-5-10)9(2)11/h10-12H,1,4-7H2,2-3H3. The minimum atomic E-state index is 0.598. The summed E-state index contributed by atoms with van der Waals surface area (Å²) in [7, 11) is 1.93. The van der Waals surface area contributed by atoms with Gasteiger partial charge >= 0.3 is 0 Å². The molecule has 3 heteroatoms. The van der Waals surface area contributed by atoms with Crippen LogP contribution in [0.1, 0.15) is 19.8 Å². The fourth-order valence-corrected chi connectivity index (χ4v) is 1.77. The third-order valence-corrected chi connectivity index (χ3v) is 2.78. The highest BCUT2D eigenvalue weighted by molar-refractivity contribution is 5.76. The Bertz CT molecular complexity index is 202. The number of amidine groups is 1. The first-order valence-corrected chi connectivity index (χ1v) is 4.81. The molecular weight excluding hydrogens is 162 g/mol.